The summed E-state index contributed by atoms with van der Waals surface area (Å²) in [7, 11) is 0. The zero-order chi connectivity index (χ0) is 8.32. The Bertz CT molecular complexity index is 162. The Labute approximate surface area is 69.1 Å². The summed E-state index contributed by atoms with van der Waals surface area (Å²) < 4.78 is 14.4. The van der Waals surface area contributed by atoms with Crippen LogP contribution in [0.4, 0.5) is 0 Å². The third-order valence-corrected chi connectivity index (χ3v) is 1.81. The summed E-state index contributed by atoms with van der Waals surface area (Å²) in [5.41, 5.74) is 0. The lowest BCUT2D eigenvalue weighted by Crippen LogP contribution is -2.29. The van der Waals surface area contributed by atoms with Crippen LogP contribution >= 0.6 is 6.72 Å². The molecule has 1 aliphatic heterocycles. The molecular weight excluding hydrogens is 191 g/mol. The maximum Gasteiger partial charge on any atom is 0.324 e. The smallest absolute Gasteiger partial charge is 0.324 e. The van der Waals surface area contributed by atoms with Crippen molar-refractivity contribution < 1.29 is 23.8 Å². The van der Waals surface area contributed by atoms with Gasteiger partial charge in [0, 0.05) is 0 Å². The van der Waals surface area contributed by atoms with Gasteiger partial charge in [0.2, 0.25) is 0 Å². The van der Waals surface area contributed by atoms with Crippen molar-refractivity contribution in [2.75, 3.05) is 19.8 Å². The van der Waals surface area contributed by atoms with E-state index in [0.29, 0.717) is 13.2 Å². The molecule has 0 aromatic rings. The Balaban J connectivity index is 2.30. The highest BCUT2D eigenvalue weighted by Crippen LogP contribution is 2.38. The quantitative estimate of drug-likeness (QED) is 0.590. The van der Waals surface area contributed by atoms with E-state index in [1.54, 1.807) is 0 Å². The van der Waals surface area contributed by atoms with Crippen molar-refractivity contribution in [3.05, 3.63) is 0 Å². The van der Waals surface area contributed by atoms with Crippen molar-refractivity contribution in [1.29, 1.82) is 0 Å². The first-order valence-corrected chi connectivity index (χ1v) is 5.64. The fourth-order valence-corrected chi connectivity index (χ4v) is 1.40. The van der Waals surface area contributed by atoms with E-state index in [0.717, 1.165) is 0 Å². The highest BCUT2D eigenvalue weighted by molar-refractivity contribution is 8.06. The van der Waals surface area contributed by atoms with Gasteiger partial charge in [-0.05, 0) is 11.8 Å². The molecule has 1 saturated heterocycles. The van der Waals surface area contributed by atoms with Crippen molar-refractivity contribution in [2.45, 2.75) is 6.29 Å². The highest BCUT2D eigenvalue weighted by atomic mass is 32.5. The molecule has 5 nitrogen and oxygen atoms in total. The van der Waals surface area contributed by atoms with Gasteiger partial charge in [-0.15, -0.1) is 0 Å². The minimum absolute atomic E-state index is 0.194. The molecule has 0 radical (unpaired) electrons. The molecule has 0 aromatic heterocycles. The number of rotatable bonds is 2. The van der Waals surface area contributed by atoms with Crippen LogP contribution in [0.1, 0.15) is 0 Å². The second kappa shape index (κ2) is 3.91. The van der Waals surface area contributed by atoms with E-state index in [1.165, 1.54) is 0 Å². The van der Waals surface area contributed by atoms with E-state index >= 15 is 0 Å². The maximum atomic E-state index is 8.69. The zero-order valence-corrected chi connectivity index (χ0v) is 7.38. The number of ether oxygens (including phenoxy) is 2. The normalized spacial score (nSPS) is 26.9. The predicted molar refractivity (Wildman–Crippen MR) is 40.4 cm³/mol. The average molecular weight is 200 g/mol. The molecule has 2 N–H and O–H groups in total. The van der Waals surface area contributed by atoms with Gasteiger partial charge in [0.25, 0.3) is 0 Å². The van der Waals surface area contributed by atoms with Gasteiger partial charge in [-0.25, -0.2) is 0 Å². The second-order valence-electron chi connectivity index (χ2n) is 1.97. The Morgan fingerprint density at radius 3 is 2.64 bits per heavy atom. The maximum absolute atomic E-state index is 8.69. The Hall–Kier alpha value is 0.450. The predicted octanol–water partition coefficient (Wildman–Crippen LogP) is -0.415. The Kier molecular flexibility index (Phi) is 3.39. The summed E-state index contributed by atoms with van der Waals surface area (Å²) in [6, 6.07) is 0. The van der Waals surface area contributed by atoms with Crippen LogP contribution in [0.5, 0.6) is 0 Å². The first kappa shape index (κ1) is 9.54. The Morgan fingerprint density at radius 1 is 1.45 bits per heavy atom. The van der Waals surface area contributed by atoms with Crippen LogP contribution in [0.15, 0.2) is 0 Å². The summed E-state index contributed by atoms with van der Waals surface area (Å²) in [4.78, 5) is 17.4. The molecule has 1 aliphatic rings. The standard InChI is InChI=1S/C4H9O5PS/c5-10(6,11)9-4-3-7-1-2-8-4/h4H,1-3H2,(H2,5,6,11). The van der Waals surface area contributed by atoms with Gasteiger partial charge in [0.15, 0.2) is 6.29 Å². The molecule has 0 saturated carbocycles. The lowest BCUT2D eigenvalue weighted by atomic mass is 10.6. The van der Waals surface area contributed by atoms with Gasteiger partial charge >= 0.3 is 6.72 Å². The molecule has 0 bridgehead atoms. The second-order valence-corrected chi connectivity index (χ2v) is 4.59. The van der Waals surface area contributed by atoms with E-state index < -0.39 is 13.0 Å². The molecule has 0 spiro atoms. The SMILES string of the molecule is OP(O)(=S)OC1COCCO1. The molecule has 66 valence electrons. The summed E-state index contributed by atoms with van der Waals surface area (Å²) in [5.74, 6) is 0. The highest BCUT2D eigenvalue weighted by Gasteiger charge is 2.21. The summed E-state index contributed by atoms with van der Waals surface area (Å²) in [6.45, 7) is -2.52. The topological polar surface area (TPSA) is 68.2 Å². The van der Waals surface area contributed by atoms with Crippen LogP contribution < -0.4 is 0 Å². The monoisotopic (exact) mass is 200 g/mol. The molecule has 1 atom stereocenters. The van der Waals surface area contributed by atoms with Crippen molar-refractivity contribution in [3.8, 4) is 0 Å². The van der Waals surface area contributed by atoms with Crippen LogP contribution in [-0.2, 0) is 25.8 Å². The van der Waals surface area contributed by atoms with Gasteiger partial charge in [0.05, 0.1) is 19.8 Å². The van der Waals surface area contributed by atoms with Crippen LogP contribution in [0.25, 0.3) is 0 Å². The van der Waals surface area contributed by atoms with Gasteiger partial charge in [-0.3, -0.25) is 4.52 Å². The molecule has 0 aromatic carbocycles. The molecular formula is C4H9O5PS. The van der Waals surface area contributed by atoms with Gasteiger partial charge in [-0.2, -0.15) is 0 Å². The minimum atomic E-state index is -3.61. The molecule has 1 unspecified atom stereocenters. The molecule has 0 amide bonds. The van der Waals surface area contributed by atoms with E-state index in [4.69, 9.17) is 19.3 Å². The molecule has 11 heavy (non-hydrogen) atoms. The first-order chi connectivity index (χ1) is 5.08. The van der Waals surface area contributed by atoms with Crippen molar-refractivity contribution in [2.24, 2.45) is 0 Å². The van der Waals surface area contributed by atoms with Crippen molar-refractivity contribution >= 4 is 18.5 Å². The van der Waals surface area contributed by atoms with Crippen LogP contribution in [0.2, 0.25) is 0 Å². The lowest BCUT2D eigenvalue weighted by Gasteiger charge is -2.23. The zero-order valence-electron chi connectivity index (χ0n) is 5.67. The van der Waals surface area contributed by atoms with Crippen molar-refractivity contribution in [3.63, 3.8) is 0 Å². The number of hydrogen-bond acceptors (Lipinski definition) is 4. The van der Waals surface area contributed by atoms with E-state index in [9.17, 15) is 0 Å². The van der Waals surface area contributed by atoms with Crippen LogP contribution in [-0.4, -0.2) is 35.9 Å². The molecule has 0 aliphatic carbocycles. The summed E-state index contributed by atoms with van der Waals surface area (Å²) >= 11 is 4.23. The van der Waals surface area contributed by atoms with E-state index in [2.05, 4.69) is 16.3 Å². The van der Waals surface area contributed by atoms with E-state index in [1.807, 2.05) is 0 Å². The number of hydrogen-bond donors (Lipinski definition) is 2. The molecule has 1 heterocycles. The summed E-state index contributed by atoms with van der Waals surface area (Å²) in [6.07, 6.45) is -0.732. The fraction of sp³-hybridized carbons (Fsp3) is 1.00. The van der Waals surface area contributed by atoms with Crippen LogP contribution in [0.3, 0.4) is 0 Å². The minimum Gasteiger partial charge on any atom is -0.374 e. The van der Waals surface area contributed by atoms with Gasteiger partial charge in [-0.1, -0.05) is 0 Å². The third-order valence-electron chi connectivity index (χ3n) is 1.04. The molecule has 7 heteroatoms. The Morgan fingerprint density at radius 2 is 2.18 bits per heavy atom. The average Bonchev–Trinajstić information content (AvgIpc) is 1.85. The third kappa shape index (κ3) is 4.12. The first-order valence-electron chi connectivity index (χ1n) is 3.01. The summed E-state index contributed by atoms with van der Waals surface area (Å²) in [5, 5.41) is 0. The van der Waals surface area contributed by atoms with E-state index in [-0.39, 0.29) is 6.61 Å². The largest absolute Gasteiger partial charge is 0.374 e. The van der Waals surface area contributed by atoms with Gasteiger partial charge < -0.3 is 19.3 Å². The molecule has 1 rings (SSSR count). The fourth-order valence-electron chi connectivity index (χ4n) is 0.680. The molecule has 1 fully saturated rings. The van der Waals surface area contributed by atoms with Gasteiger partial charge in [0.1, 0.15) is 0 Å². The van der Waals surface area contributed by atoms with Crippen LogP contribution in [0, 0.1) is 0 Å². The lowest BCUT2D eigenvalue weighted by molar-refractivity contribution is -0.173. The van der Waals surface area contributed by atoms with Crippen molar-refractivity contribution in [1.82, 2.24) is 0 Å².